The van der Waals surface area contributed by atoms with E-state index >= 15 is 0 Å². The summed E-state index contributed by atoms with van der Waals surface area (Å²) >= 11 is 0. The Morgan fingerprint density at radius 2 is 2.15 bits per heavy atom. The number of benzene rings is 1. The lowest BCUT2D eigenvalue weighted by Gasteiger charge is -2.26. The molecule has 2 nitrogen and oxygen atoms in total. The Hall–Kier alpha value is -1.64. The molecule has 1 atom stereocenters. The van der Waals surface area contributed by atoms with Crippen molar-refractivity contribution in [2.75, 3.05) is 7.11 Å². The molecule has 0 N–H and O–H groups in total. The molecule has 1 unspecified atom stereocenters. The lowest BCUT2D eigenvalue weighted by Crippen LogP contribution is -2.34. The van der Waals surface area contributed by atoms with Crippen LogP contribution in [0.15, 0.2) is 29.8 Å². The summed E-state index contributed by atoms with van der Waals surface area (Å²) < 4.78 is 18.9. The summed E-state index contributed by atoms with van der Waals surface area (Å²) in [4.78, 5) is 12.4. The Morgan fingerprint density at radius 3 is 2.80 bits per heavy atom. The maximum Gasteiger partial charge on any atom is 0.320 e. The molecule has 0 spiro atoms. The van der Waals surface area contributed by atoms with Crippen molar-refractivity contribution < 1.29 is 13.9 Å². The van der Waals surface area contributed by atoms with Crippen molar-refractivity contribution in [3.63, 3.8) is 0 Å². The van der Waals surface area contributed by atoms with E-state index in [1.54, 1.807) is 13.0 Å². The third-order valence-corrected chi connectivity index (χ3v) is 4.64. The van der Waals surface area contributed by atoms with Gasteiger partial charge in [0.1, 0.15) is 11.2 Å². The first-order valence-corrected chi connectivity index (χ1v) is 7.14. The van der Waals surface area contributed by atoms with Gasteiger partial charge in [0, 0.05) is 0 Å². The fourth-order valence-electron chi connectivity index (χ4n) is 3.33. The van der Waals surface area contributed by atoms with Gasteiger partial charge in [-0.15, -0.1) is 0 Å². The molecule has 0 bridgehead atoms. The number of hydrogen-bond donors (Lipinski definition) is 0. The first-order chi connectivity index (χ1) is 9.58. The van der Waals surface area contributed by atoms with Crippen LogP contribution in [0, 0.1) is 18.7 Å². The van der Waals surface area contributed by atoms with Crippen molar-refractivity contribution >= 4 is 5.97 Å². The van der Waals surface area contributed by atoms with Crippen molar-refractivity contribution in [2.45, 2.75) is 38.0 Å². The van der Waals surface area contributed by atoms with Crippen LogP contribution in [0.3, 0.4) is 0 Å². The lowest BCUT2D eigenvalue weighted by molar-refractivity contribution is -0.145. The van der Waals surface area contributed by atoms with E-state index in [-0.39, 0.29) is 11.8 Å². The van der Waals surface area contributed by atoms with Crippen molar-refractivity contribution in [1.82, 2.24) is 0 Å². The molecule has 1 saturated carbocycles. The van der Waals surface area contributed by atoms with E-state index < -0.39 is 5.41 Å². The monoisotopic (exact) mass is 274 g/mol. The second-order valence-corrected chi connectivity index (χ2v) is 5.87. The minimum absolute atomic E-state index is 0.265. The van der Waals surface area contributed by atoms with Crippen molar-refractivity contribution in [2.24, 2.45) is 5.92 Å². The molecule has 0 heterocycles. The molecule has 106 valence electrons. The molecule has 3 heteroatoms. The summed E-state index contributed by atoms with van der Waals surface area (Å²) in [6.45, 7) is 1.73. The van der Waals surface area contributed by atoms with Gasteiger partial charge in [-0.05, 0) is 55.7 Å². The average molecular weight is 274 g/mol. The van der Waals surface area contributed by atoms with Gasteiger partial charge in [0.15, 0.2) is 0 Å². The number of ether oxygens (including phenoxy) is 1. The Morgan fingerprint density at radius 1 is 1.40 bits per heavy atom. The molecule has 0 aromatic heterocycles. The fourth-order valence-corrected chi connectivity index (χ4v) is 3.33. The van der Waals surface area contributed by atoms with Gasteiger partial charge in [-0.1, -0.05) is 23.8 Å². The molecule has 1 fully saturated rings. The van der Waals surface area contributed by atoms with Crippen LogP contribution in [0.5, 0.6) is 0 Å². The minimum atomic E-state index is -0.793. The number of halogens is 1. The van der Waals surface area contributed by atoms with Crippen molar-refractivity contribution in [3.05, 3.63) is 46.8 Å². The normalized spacial score (nSPS) is 25.4. The van der Waals surface area contributed by atoms with Gasteiger partial charge in [0.2, 0.25) is 0 Å². The molecule has 3 rings (SSSR count). The van der Waals surface area contributed by atoms with Crippen LogP contribution < -0.4 is 0 Å². The Balaban J connectivity index is 2.12. The van der Waals surface area contributed by atoms with Crippen LogP contribution in [0.1, 0.15) is 36.8 Å². The van der Waals surface area contributed by atoms with Gasteiger partial charge in [-0.25, -0.2) is 4.39 Å². The van der Waals surface area contributed by atoms with Gasteiger partial charge in [0.05, 0.1) is 7.11 Å². The third kappa shape index (κ3) is 1.96. The van der Waals surface area contributed by atoms with Crippen LogP contribution in [0.2, 0.25) is 0 Å². The summed E-state index contributed by atoms with van der Waals surface area (Å²) in [5.74, 6) is 0.0938. The molecule has 2 aliphatic rings. The summed E-state index contributed by atoms with van der Waals surface area (Å²) in [6.07, 6.45) is 6.08. The number of methoxy groups -OCH3 is 1. The Kier molecular flexibility index (Phi) is 3.15. The maximum atomic E-state index is 13.9. The average Bonchev–Trinajstić information content (AvgIpc) is 3.21. The Bertz CT molecular complexity index is 587. The van der Waals surface area contributed by atoms with Crippen LogP contribution in [0.4, 0.5) is 4.39 Å². The first kappa shape index (κ1) is 13.3. The van der Waals surface area contributed by atoms with E-state index in [1.165, 1.54) is 31.6 Å². The highest BCUT2D eigenvalue weighted by Crippen LogP contribution is 2.49. The van der Waals surface area contributed by atoms with E-state index in [0.29, 0.717) is 17.9 Å². The summed E-state index contributed by atoms with van der Waals surface area (Å²) in [6, 6.07) is 4.96. The molecule has 2 aliphatic carbocycles. The van der Waals surface area contributed by atoms with Crippen LogP contribution in [-0.2, 0) is 14.9 Å². The second kappa shape index (κ2) is 4.72. The number of esters is 1. The van der Waals surface area contributed by atoms with Crippen LogP contribution in [-0.4, -0.2) is 13.1 Å². The van der Waals surface area contributed by atoms with E-state index in [9.17, 15) is 9.18 Å². The van der Waals surface area contributed by atoms with Crippen LogP contribution in [0.25, 0.3) is 0 Å². The Labute approximate surface area is 118 Å². The van der Waals surface area contributed by atoms with Gasteiger partial charge in [0.25, 0.3) is 0 Å². The molecule has 1 aromatic carbocycles. The maximum absolute atomic E-state index is 13.9. The molecular weight excluding hydrogens is 255 g/mol. The van der Waals surface area contributed by atoms with Gasteiger partial charge in [-0.2, -0.15) is 0 Å². The molecule has 0 amide bonds. The van der Waals surface area contributed by atoms with Gasteiger partial charge >= 0.3 is 5.97 Å². The zero-order chi connectivity index (χ0) is 14.3. The number of carbonyl (C=O) groups excluding carboxylic acids is 1. The topological polar surface area (TPSA) is 26.3 Å². The van der Waals surface area contributed by atoms with E-state index in [1.807, 2.05) is 6.07 Å². The predicted octanol–water partition coefficient (Wildman–Crippen LogP) is 3.68. The van der Waals surface area contributed by atoms with Crippen LogP contribution >= 0.6 is 0 Å². The van der Waals surface area contributed by atoms with Gasteiger partial charge in [-0.3, -0.25) is 4.79 Å². The summed E-state index contributed by atoms with van der Waals surface area (Å²) in [5.41, 5.74) is 1.85. The molecule has 1 aromatic rings. The standard InChI is InChI=1S/C17H19FO2/c1-11-14(4-3-5-15(11)18)17(16(19)20-2)9-8-13(10-17)12-6-7-12/h3-5,10,12H,6-9H2,1-2H3. The fraction of sp³-hybridized carbons (Fsp3) is 0.471. The van der Waals surface area contributed by atoms with E-state index in [2.05, 4.69) is 6.08 Å². The third-order valence-electron chi connectivity index (χ3n) is 4.64. The van der Waals surface area contributed by atoms with Crippen molar-refractivity contribution in [1.29, 1.82) is 0 Å². The SMILES string of the molecule is COC(=O)C1(c2cccc(F)c2C)C=C(C2CC2)CC1. The highest BCUT2D eigenvalue weighted by molar-refractivity contribution is 5.87. The summed E-state index contributed by atoms with van der Waals surface area (Å²) in [7, 11) is 1.40. The number of allylic oxidation sites excluding steroid dienone is 1. The second-order valence-electron chi connectivity index (χ2n) is 5.87. The number of rotatable bonds is 3. The van der Waals surface area contributed by atoms with Gasteiger partial charge < -0.3 is 4.74 Å². The smallest absolute Gasteiger partial charge is 0.320 e. The quantitative estimate of drug-likeness (QED) is 0.621. The molecule has 0 radical (unpaired) electrons. The zero-order valence-corrected chi connectivity index (χ0v) is 11.9. The molecule has 0 aliphatic heterocycles. The number of carbonyl (C=O) groups is 1. The summed E-state index contributed by atoms with van der Waals surface area (Å²) in [5, 5.41) is 0. The van der Waals surface area contributed by atoms with E-state index in [4.69, 9.17) is 4.74 Å². The molecular formula is C17H19FO2. The first-order valence-electron chi connectivity index (χ1n) is 7.14. The molecule has 0 saturated heterocycles. The largest absolute Gasteiger partial charge is 0.468 e. The highest BCUT2D eigenvalue weighted by atomic mass is 19.1. The highest BCUT2D eigenvalue weighted by Gasteiger charge is 2.46. The predicted molar refractivity (Wildman–Crippen MR) is 74.9 cm³/mol. The lowest BCUT2D eigenvalue weighted by atomic mass is 9.78. The zero-order valence-electron chi connectivity index (χ0n) is 11.9. The molecule has 20 heavy (non-hydrogen) atoms. The van der Waals surface area contributed by atoms with Crippen molar-refractivity contribution in [3.8, 4) is 0 Å². The number of hydrogen-bond acceptors (Lipinski definition) is 2. The minimum Gasteiger partial charge on any atom is -0.468 e. The van der Waals surface area contributed by atoms with E-state index in [0.717, 1.165) is 12.0 Å².